The number of phenols is 1. The lowest BCUT2D eigenvalue weighted by Crippen LogP contribution is -2.53. The van der Waals surface area contributed by atoms with Gasteiger partial charge in [-0.2, -0.15) is 5.26 Å². The number of hydrogen-bond acceptors (Lipinski definition) is 6. The van der Waals surface area contributed by atoms with Crippen LogP contribution in [0.4, 0.5) is 0 Å². The Morgan fingerprint density at radius 1 is 0.909 bits per heavy atom. The normalized spacial score (nSPS) is 13.2. The van der Waals surface area contributed by atoms with E-state index in [2.05, 4.69) is 10.6 Å². The van der Waals surface area contributed by atoms with Crippen LogP contribution in [0.1, 0.15) is 17.3 Å². The average molecular weight is 462 g/mol. The maximum Gasteiger partial charge on any atom is 0.252 e. The molecular formula is C25H23N3O4S. The van der Waals surface area contributed by atoms with Gasteiger partial charge in [-0.3, -0.25) is 9.59 Å². The van der Waals surface area contributed by atoms with Gasteiger partial charge in [0.05, 0.1) is 12.2 Å². The van der Waals surface area contributed by atoms with Crippen molar-refractivity contribution in [2.24, 2.45) is 0 Å². The highest BCUT2D eigenvalue weighted by Crippen LogP contribution is 2.23. The summed E-state index contributed by atoms with van der Waals surface area (Å²) in [6.45, 7) is 1.39. The predicted octanol–water partition coefficient (Wildman–Crippen LogP) is 3.30. The summed E-state index contributed by atoms with van der Waals surface area (Å²) in [5.74, 6) is -1.02. The molecule has 0 bridgehead atoms. The molecule has 3 aromatic rings. The van der Waals surface area contributed by atoms with Crippen molar-refractivity contribution in [2.75, 3.05) is 0 Å². The SMILES string of the molecule is C[C@@H](O)[C@H](NC(=O)c1ccc(-c2ccc(O)cc2)cc1)C(=O)NC(C#N)Sc1ccccc1. The Labute approximate surface area is 196 Å². The standard InChI is InChI=1S/C25H23N3O4S/c1-16(29)23(25(32)27-22(15-26)33-21-5-3-2-4-6-21)28-24(31)19-9-7-17(8-10-19)18-11-13-20(30)14-12-18/h2-14,16,22-23,29-30H,1H3,(H,27,32)(H,28,31)/t16-,22?,23+/m1/s1. The van der Waals surface area contributed by atoms with E-state index in [1.54, 1.807) is 48.5 Å². The number of aliphatic hydroxyl groups excluding tert-OH is 1. The first-order valence-electron chi connectivity index (χ1n) is 10.2. The fourth-order valence-electron chi connectivity index (χ4n) is 3.04. The van der Waals surface area contributed by atoms with Crippen LogP contribution in [-0.4, -0.2) is 39.5 Å². The van der Waals surface area contributed by atoms with Crippen LogP contribution in [0.3, 0.4) is 0 Å². The molecule has 0 radical (unpaired) electrons. The van der Waals surface area contributed by atoms with Gasteiger partial charge in [-0.1, -0.05) is 54.2 Å². The number of carbonyl (C=O) groups is 2. The van der Waals surface area contributed by atoms with Crippen LogP contribution in [0.25, 0.3) is 11.1 Å². The molecule has 8 heteroatoms. The summed E-state index contributed by atoms with van der Waals surface area (Å²) in [7, 11) is 0. The van der Waals surface area contributed by atoms with Crippen molar-refractivity contribution >= 4 is 23.6 Å². The number of rotatable bonds is 8. The number of benzene rings is 3. The third kappa shape index (κ3) is 6.59. The Kier molecular flexibility index (Phi) is 8.08. The number of nitrogens with one attached hydrogen (secondary N) is 2. The third-order valence-electron chi connectivity index (χ3n) is 4.79. The summed E-state index contributed by atoms with van der Waals surface area (Å²) in [5.41, 5.74) is 2.04. The topological polar surface area (TPSA) is 122 Å². The molecule has 0 aliphatic rings. The molecule has 0 spiro atoms. The number of aromatic hydroxyl groups is 1. The van der Waals surface area contributed by atoms with Gasteiger partial charge in [-0.15, -0.1) is 0 Å². The second-order valence-electron chi connectivity index (χ2n) is 7.26. The molecule has 1 unspecified atom stereocenters. The minimum absolute atomic E-state index is 0.165. The van der Waals surface area contributed by atoms with E-state index in [0.29, 0.717) is 5.56 Å². The highest BCUT2D eigenvalue weighted by Gasteiger charge is 2.28. The number of thioether (sulfide) groups is 1. The average Bonchev–Trinajstić information content (AvgIpc) is 2.83. The summed E-state index contributed by atoms with van der Waals surface area (Å²) in [6.07, 6.45) is -1.17. The minimum atomic E-state index is -1.23. The van der Waals surface area contributed by atoms with Gasteiger partial charge in [0.25, 0.3) is 5.91 Å². The van der Waals surface area contributed by atoms with Crippen molar-refractivity contribution in [2.45, 2.75) is 29.3 Å². The van der Waals surface area contributed by atoms with E-state index in [1.165, 1.54) is 6.92 Å². The molecule has 0 fully saturated rings. The first kappa shape index (κ1) is 23.9. The molecular weight excluding hydrogens is 438 g/mol. The van der Waals surface area contributed by atoms with Crippen LogP contribution in [-0.2, 0) is 4.79 Å². The van der Waals surface area contributed by atoms with E-state index >= 15 is 0 Å². The minimum Gasteiger partial charge on any atom is -0.508 e. The second-order valence-corrected chi connectivity index (χ2v) is 8.44. The molecule has 168 valence electrons. The van der Waals surface area contributed by atoms with Crippen LogP contribution in [0.15, 0.2) is 83.8 Å². The number of phenolic OH excluding ortho intramolecular Hbond substituents is 1. The zero-order valence-corrected chi connectivity index (χ0v) is 18.6. The smallest absolute Gasteiger partial charge is 0.252 e. The van der Waals surface area contributed by atoms with Gasteiger partial charge in [0, 0.05) is 10.5 Å². The molecule has 2 amide bonds. The first-order chi connectivity index (χ1) is 15.9. The highest BCUT2D eigenvalue weighted by molar-refractivity contribution is 8.00. The van der Waals surface area contributed by atoms with Gasteiger partial charge in [0.1, 0.15) is 11.8 Å². The predicted molar refractivity (Wildman–Crippen MR) is 126 cm³/mol. The zero-order chi connectivity index (χ0) is 23.8. The van der Waals surface area contributed by atoms with Crippen molar-refractivity contribution in [3.8, 4) is 22.9 Å². The van der Waals surface area contributed by atoms with Gasteiger partial charge in [0.15, 0.2) is 5.37 Å². The fourth-order valence-corrected chi connectivity index (χ4v) is 3.85. The summed E-state index contributed by atoms with van der Waals surface area (Å²) < 4.78 is 0. The Morgan fingerprint density at radius 3 is 2.03 bits per heavy atom. The van der Waals surface area contributed by atoms with Crippen LogP contribution < -0.4 is 10.6 Å². The molecule has 0 aliphatic heterocycles. The number of carbonyl (C=O) groups excluding carboxylic acids is 2. The number of amides is 2. The van der Waals surface area contributed by atoms with E-state index in [-0.39, 0.29) is 5.75 Å². The van der Waals surface area contributed by atoms with Gasteiger partial charge < -0.3 is 20.8 Å². The van der Waals surface area contributed by atoms with Crippen LogP contribution in [0.5, 0.6) is 5.75 Å². The highest BCUT2D eigenvalue weighted by atomic mass is 32.2. The lowest BCUT2D eigenvalue weighted by molar-refractivity contribution is -0.125. The third-order valence-corrected chi connectivity index (χ3v) is 5.79. The molecule has 0 heterocycles. The summed E-state index contributed by atoms with van der Waals surface area (Å²) in [4.78, 5) is 26.2. The molecule has 0 saturated carbocycles. The zero-order valence-electron chi connectivity index (χ0n) is 17.8. The van der Waals surface area contributed by atoms with Crippen molar-refractivity contribution in [1.82, 2.24) is 10.6 Å². The summed E-state index contributed by atoms with van der Waals surface area (Å²) in [5, 5.41) is 33.1. The molecule has 4 N–H and O–H groups in total. The quantitative estimate of drug-likeness (QED) is 0.302. The lowest BCUT2D eigenvalue weighted by Gasteiger charge is -2.22. The maximum absolute atomic E-state index is 12.7. The molecule has 3 aromatic carbocycles. The van der Waals surface area contributed by atoms with Crippen molar-refractivity contribution in [3.05, 3.63) is 84.4 Å². The van der Waals surface area contributed by atoms with Crippen LogP contribution in [0.2, 0.25) is 0 Å². The van der Waals surface area contributed by atoms with E-state index in [4.69, 9.17) is 0 Å². The van der Waals surface area contributed by atoms with Gasteiger partial charge in [-0.05, 0) is 54.4 Å². The van der Waals surface area contributed by atoms with E-state index < -0.39 is 29.3 Å². The number of hydrogen-bond donors (Lipinski definition) is 4. The lowest BCUT2D eigenvalue weighted by atomic mass is 10.0. The van der Waals surface area contributed by atoms with Crippen molar-refractivity contribution in [3.63, 3.8) is 0 Å². The first-order valence-corrected chi connectivity index (χ1v) is 11.1. The molecule has 0 aromatic heterocycles. The summed E-state index contributed by atoms with van der Waals surface area (Å²) in [6, 6.07) is 23.3. The molecule has 3 rings (SSSR count). The van der Waals surface area contributed by atoms with E-state index in [0.717, 1.165) is 27.8 Å². The Hall–Kier alpha value is -3.80. The second kappa shape index (κ2) is 11.2. The van der Waals surface area contributed by atoms with Gasteiger partial charge in [-0.25, -0.2) is 0 Å². The Balaban J connectivity index is 1.65. The molecule has 33 heavy (non-hydrogen) atoms. The molecule has 0 aliphatic carbocycles. The van der Waals surface area contributed by atoms with Crippen LogP contribution in [0, 0.1) is 11.3 Å². The summed E-state index contributed by atoms with van der Waals surface area (Å²) >= 11 is 1.16. The Morgan fingerprint density at radius 2 is 1.48 bits per heavy atom. The molecule has 7 nitrogen and oxygen atoms in total. The largest absolute Gasteiger partial charge is 0.508 e. The van der Waals surface area contributed by atoms with Crippen molar-refractivity contribution < 1.29 is 19.8 Å². The molecule has 0 saturated heterocycles. The van der Waals surface area contributed by atoms with E-state index in [9.17, 15) is 25.1 Å². The van der Waals surface area contributed by atoms with Crippen molar-refractivity contribution in [1.29, 1.82) is 5.26 Å². The maximum atomic E-state index is 12.7. The van der Waals surface area contributed by atoms with Gasteiger partial charge >= 0.3 is 0 Å². The fraction of sp³-hybridized carbons (Fsp3) is 0.160. The monoisotopic (exact) mass is 461 g/mol. The van der Waals surface area contributed by atoms with Crippen LogP contribution >= 0.6 is 11.8 Å². The molecule has 3 atom stereocenters. The Bertz CT molecular complexity index is 1130. The van der Waals surface area contributed by atoms with E-state index in [1.807, 2.05) is 36.4 Å². The number of nitriles is 1. The number of nitrogens with zero attached hydrogens (tertiary/aromatic N) is 1. The van der Waals surface area contributed by atoms with Gasteiger partial charge in [0.2, 0.25) is 5.91 Å². The number of aliphatic hydroxyl groups is 1.